The Hall–Kier alpha value is -1.61. The van der Waals surface area contributed by atoms with Crippen LogP contribution in [0.3, 0.4) is 0 Å². The second-order valence-corrected chi connectivity index (χ2v) is 4.02. The van der Waals surface area contributed by atoms with E-state index in [4.69, 9.17) is 0 Å². The largest absolute Gasteiger partial charge is 0.334 e. The van der Waals surface area contributed by atoms with Crippen LogP contribution < -0.4 is 5.32 Å². The Morgan fingerprint density at radius 3 is 2.44 bits per heavy atom. The molecule has 2 aromatic rings. The van der Waals surface area contributed by atoms with Gasteiger partial charge in [-0.15, -0.1) is 0 Å². The Morgan fingerprint density at radius 1 is 1.25 bits per heavy atom. The normalized spacial score (nSPS) is 10.7. The minimum atomic E-state index is 0.907. The van der Waals surface area contributed by atoms with Crippen LogP contribution >= 0.6 is 0 Å². The topological polar surface area (TPSA) is 29.9 Å². The molecule has 84 valence electrons. The first-order valence-corrected chi connectivity index (χ1v) is 5.44. The highest BCUT2D eigenvalue weighted by Crippen LogP contribution is 2.22. The van der Waals surface area contributed by atoms with Gasteiger partial charge in [0.25, 0.3) is 0 Å². The van der Waals surface area contributed by atoms with E-state index in [0.717, 1.165) is 12.2 Å². The van der Waals surface area contributed by atoms with E-state index in [1.54, 1.807) is 0 Å². The molecule has 0 aliphatic carbocycles. The first-order valence-electron chi connectivity index (χ1n) is 5.44. The fourth-order valence-corrected chi connectivity index (χ4v) is 1.94. The van der Waals surface area contributed by atoms with E-state index < -0.39 is 0 Å². The lowest BCUT2D eigenvalue weighted by atomic mass is 10.1. The lowest BCUT2D eigenvalue weighted by Gasteiger charge is -2.06. The van der Waals surface area contributed by atoms with Crippen LogP contribution in [0.2, 0.25) is 0 Å². The standard InChI is InChI=1S/C13H17N3/c1-10-13(16(3)9-15-10)12-6-4-11(5-7-12)8-14-2/h4-7,9,14H,8H2,1-3H3. The monoisotopic (exact) mass is 215 g/mol. The molecule has 0 saturated heterocycles. The number of benzene rings is 1. The van der Waals surface area contributed by atoms with Gasteiger partial charge in [0.15, 0.2) is 0 Å². The molecule has 0 unspecified atom stereocenters. The second-order valence-electron chi connectivity index (χ2n) is 4.02. The summed E-state index contributed by atoms with van der Waals surface area (Å²) < 4.78 is 2.06. The number of imidazole rings is 1. The van der Waals surface area contributed by atoms with Gasteiger partial charge in [0.2, 0.25) is 0 Å². The minimum Gasteiger partial charge on any atom is -0.334 e. The van der Waals surface area contributed by atoms with Gasteiger partial charge in [0.1, 0.15) is 0 Å². The third-order valence-corrected chi connectivity index (χ3v) is 2.73. The summed E-state index contributed by atoms with van der Waals surface area (Å²) in [5.41, 5.74) is 4.78. The molecular formula is C13H17N3. The van der Waals surface area contributed by atoms with Gasteiger partial charge in [-0.25, -0.2) is 4.98 Å². The third kappa shape index (κ3) is 1.99. The summed E-state index contributed by atoms with van der Waals surface area (Å²) in [5.74, 6) is 0. The average molecular weight is 215 g/mol. The van der Waals surface area contributed by atoms with Gasteiger partial charge in [-0.3, -0.25) is 0 Å². The fourth-order valence-electron chi connectivity index (χ4n) is 1.94. The van der Waals surface area contributed by atoms with E-state index in [0.29, 0.717) is 0 Å². The van der Waals surface area contributed by atoms with E-state index in [-0.39, 0.29) is 0 Å². The molecule has 0 aliphatic heterocycles. The molecule has 3 nitrogen and oxygen atoms in total. The summed E-state index contributed by atoms with van der Waals surface area (Å²) in [6.45, 7) is 2.95. The molecule has 0 radical (unpaired) electrons. The van der Waals surface area contributed by atoms with Gasteiger partial charge in [-0.05, 0) is 19.5 Å². The number of rotatable bonds is 3. The van der Waals surface area contributed by atoms with E-state index >= 15 is 0 Å². The zero-order chi connectivity index (χ0) is 11.5. The van der Waals surface area contributed by atoms with Gasteiger partial charge < -0.3 is 9.88 Å². The second kappa shape index (κ2) is 4.49. The number of hydrogen-bond acceptors (Lipinski definition) is 2. The van der Waals surface area contributed by atoms with E-state index in [1.807, 2.05) is 27.3 Å². The molecule has 0 aliphatic rings. The van der Waals surface area contributed by atoms with Crippen molar-refractivity contribution in [3.8, 4) is 11.3 Å². The number of hydrogen-bond donors (Lipinski definition) is 1. The maximum atomic E-state index is 4.30. The number of aryl methyl sites for hydroxylation is 2. The molecular weight excluding hydrogens is 198 g/mol. The van der Waals surface area contributed by atoms with Gasteiger partial charge in [0.05, 0.1) is 17.7 Å². The van der Waals surface area contributed by atoms with E-state index in [9.17, 15) is 0 Å². The molecule has 1 N–H and O–H groups in total. The predicted octanol–water partition coefficient (Wildman–Crippen LogP) is 2.11. The highest BCUT2D eigenvalue weighted by atomic mass is 15.0. The molecule has 0 spiro atoms. The van der Waals surface area contributed by atoms with Crippen LogP contribution in [0, 0.1) is 6.92 Å². The smallest absolute Gasteiger partial charge is 0.0951 e. The van der Waals surface area contributed by atoms with Gasteiger partial charge >= 0.3 is 0 Å². The van der Waals surface area contributed by atoms with Crippen LogP contribution in [0.15, 0.2) is 30.6 Å². The van der Waals surface area contributed by atoms with Crippen LogP contribution in [0.5, 0.6) is 0 Å². The molecule has 0 fully saturated rings. The van der Waals surface area contributed by atoms with Crippen LogP contribution in [-0.2, 0) is 13.6 Å². The molecule has 3 heteroatoms. The fraction of sp³-hybridized carbons (Fsp3) is 0.308. The zero-order valence-corrected chi connectivity index (χ0v) is 9.99. The average Bonchev–Trinajstić information content (AvgIpc) is 2.61. The molecule has 16 heavy (non-hydrogen) atoms. The molecule has 1 heterocycles. The van der Waals surface area contributed by atoms with Crippen molar-refractivity contribution in [3.63, 3.8) is 0 Å². The SMILES string of the molecule is CNCc1ccc(-c2c(C)ncn2C)cc1. The quantitative estimate of drug-likeness (QED) is 0.850. The van der Waals surface area contributed by atoms with Crippen molar-refractivity contribution in [2.75, 3.05) is 7.05 Å². The Kier molecular flexibility index (Phi) is 3.06. The minimum absolute atomic E-state index is 0.907. The molecule has 1 aromatic carbocycles. The lowest BCUT2D eigenvalue weighted by Crippen LogP contribution is -2.04. The Morgan fingerprint density at radius 2 is 1.94 bits per heavy atom. The van der Waals surface area contributed by atoms with Crippen molar-refractivity contribution >= 4 is 0 Å². The third-order valence-electron chi connectivity index (χ3n) is 2.73. The lowest BCUT2D eigenvalue weighted by molar-refractivity contribution is 0.818. The summed E-state index contributed by atoms with van der Waals surface area (Å²) in [6, 6.07) is 8.60. The number of aromatic nitrogens is 2. The maximum absolute atomic E-state index is 4.30. The van der Waals surface area contributed by atoms with Gasteiger partial charge in [-0.1, -0.05) is 24.3 Å². The molecule has 0 atom stereocenters. The number of nitrogens with one attached hydrogen (secondary N) is 1. The summed E-state index contributed by atoms with van der Waals surface area (Å²) >= 11 is 0. The summed E-state index contributed by atoms with van der Waals surface area (Å²) in [5, 5.41) is 3.14. The summed E-state index contributed by atoms with van der Waals surface area (Å²) in [6.07, 6.45) is 1.85. The van der Waals surface area contributed by atoms with E-state index in [2.05, 4.69) is 39.1 Å². The van der Waals surface area contributed by atoms with Crippen molar-refractivity contribution in [1.82, 2.24) is 14.9 Å². The van der Waals surface area contributed by atoms with Gasteiger partial charge in [-0.2, -0.15) is 0 Å². The van der Waals surface area contributed by atoms with Gasteiger partial charge in [0, 0.05) is 19.2 Å². The Bertz CT molecular complexity index is 449. The maximum Gasteiger partial charge on any atom is 0.0951 e. The zero-order valence-electron chi connectivity index (χ0n) is 9.99. The molecule has 0 amide bonds. The van der Waals surface area contributed by atoms with Crippen LogP contribution in [0.25, 0.3) is 11.3 Å². The van der Waals surface area contributed by atoms with Crippen molar-refractivity contribution in [2.45, 2.75) is 13.5 Å². The first kappa shape index (κ1) is 10.9. The molecule has 1 aromatic heterocycles. The van der Waals surface area contributed by atoms with Crippen molar-refractivity contribution in [2.24, 2.45) is 7.05 Å². The molecule has 0 bridgehead atoms. The predicted molar refractivity (Wildman–Crippen MR) is 66.1 cm³/mol. The highest BCUT2D eigenvalue weighted by molar-refractivity contribution is 5.62. The van der Waals surface area contributed by atoms with Crippen molar-refractivity contribution in [3.05, 3.63) is 41.9 Å². The molecule has 2 rings (SSSR count). The van der Waals surface area contributed by atoms with Crippen LogP contribution in [-0.4, -0.2) is 16.6 Å². The summed E-state index contributed by atoms with van der Waals surface area (Å²) in [4.78, 5) is 4.30. The van der Waals surface area contributed by atoms with Crippen molar-refractivity contribution in [1.29, 1.82) is 0 Å². The molecule has 0 saturated carbocycles. The summed E-state index contributed by atoms with van der Waals surface area (Å²) in [7, 11) is 3.98. The first-order chi connectivity index (χ1) is 7.72. The highest BCUT2D eigenvalue weighted by Gasteiger charge is 2.06. The van der Waals surface area contributed by atoms with Crippen LogP contribution in [0.1, 0.15) is 11.3 Å². The van der Waals surface area contributed by atoms with E-state index in [1.165, 1.54) is 16.8 Å². The number of nitrogens with zero attached hydrogens (tertiary/aromatic N) is 2. The Labute approximate surface area is 96.1 Å². The van der Waals surface area contributed by atoms with Crippen molar-refractivity contribution < 1.29 is 0 Å². The van der Waals surface area contributed by atoms with Crippen LogP contribution in [0.4, 0.5) is 0 Å². The Balaban J connectivity index is 2.35.